The SMILES string of the molecule is CC(C)C1NC(=O)C(C)N(c2cccc(Cl)c2)C1=O. The summed E-state index contributed by atoms with van der Waals surface area (Å²) in [6.45, 7) is 5.54. The van der Waals surface area contributed by atoms with Gasteiger partial charge in [0.25, 0.3) is 5.91 Å². The average Bonchev–Trinajstić information content (AvgIpc) is 2.34. The molecule has 4 nitrogen and oxygen atoms in total. The fourth-order valence-corrected chi connectivity index (χ4v) is 2.41. The van der Waals surface area contributed by atoms with E-state index in [9.17, 15) is 9.59 Å². The first-order chi connectivity index (χ1) is 8.91. The molecular formula is C14H17ClN2O2. The van der Waals surface area contributed by atoms with E-state index in [1.165, 1.54) is 4.90 Å². The summed E-state index contributed by atoms with van der Waals surface area (Å²) in [6, 6.07) is 5.99. The van der Waals surface area contributed by atoms with Gasteiger partial charge in [-0.3, -0.25) is 14.5 Å². The highest BCUT2D eigenvalue weighted by molar-refractivity contribution is 6.31. The molecule has 1 fully saturated rings. The molecule has 0 radical (unpaired) electrons. The first kappa shape index (κ1) is 13.9. The Hall–Kier alpha value is -1.55. The van der Waals surface area contributed by atoms with Gasteiger partial charge in [-0.05, 0) is 31.0 Å². The van der Waals surface area contributed by atoms with Crippen LogP contribution in [-0.4, -0.2) is 23.9 Å². The molecule has 0 spiro atoms. The Morgan fingerprint density at radius 2 is 2.00 bits per heavy atom. The van der Waals surface area contributed by atoms with E-state index in [0.717, 1.165) is 0 Å². The molecule has 0 aromatic heterocycles. The maximum atomic E-state index is 12.5. The fraction of sp³-hybridized carbons (Fsp3) is 0.429. The van der Waals surface area contributed by atoms with Crippen molar-refractivity contribution in [3.05, 3.63) is 29.3 Å². The van der Waals surface area contributed by atoms with Gasteiger partial charge in [0.15, 0.2) is 0 Å². The molecular weight excluding hydrogens is 264 g/mol. The smallest absolute Gasteiger partial charge is 0.250 e. The lowest BCUT2D eigenvalue weighted by molar-refractivity contribution is -0.134. The summed E-state index contributed by atoms with van der Waals surface area (Å²) in [4.78, 5) is 26.0. The minimum atomic E-state index is -0.527. The topological polar surface area (TPSA) is 49.4 Å². The van der Waals surface area contributed by atoms with Gasteiger partial charge in [-0.25, -0.2) is 0 Å². The van der Waals surface area contributed by atoms with Gasteiger partial charge in [-0.1, -0.05) is 31.5 Å². The van der Waals surface area contributed by atoms with E-state index in [2.05, 4.69) is 5.32 Å². The molecule has 1 aromatic carbocycles. The number of rotatable bonds is 2. The van der Waals surface area contributed by atoms with Crippen molar-refractivity contribution in [1.82, 2.24) is 5.32 Å². The number of piperazine rings is 1. The highest BCUT2D eigenvalue weighted by Crippen LogP contribution is 2.25. The number of anilines is 1. The largest absolute Gasteiger partial charge is 0.342 e. The first-order valence-corrected chi connectivity index (χ1v) is 6.68. The molecule has 2 rings (SSSR count). The van der Waals surface area contributed by atoms with Crippen LogP contribution in [0.5, 0.6) is 0 Å². The van der Waals surface area contributed by atoms with Crippen molar-refractivity contribution in [3.63, 3.8) is 0 Å². The highest BCUT2D eigenvalue weighted by Gasteiger charge is 2.40. The lowest BCUT2D eigenvalue weighted by Gasteiger charge is -2.38. The average molecular weight is 281 g/mol. The summed E-state index contributed by atoms with van der Waals surface area (Å²) in [5, 5.41) is 3.31. The van der Waals surface area contributed by atoms with Gasteiger partial charge in [0, 0.05) is 10.7 Å². The highest BCUT2D eigenvalue weighted by atomic mass is 35.5. The monoisotopic (exact) mass is 280 g/mol. The lowest BCUT2D eigenvalue weighted by Crippen LogP contribution is -2.64. The zero-order chi connectivity index (χ0) is 14.2. The number of carbonyl (C=O) groups excluding carboxylic acids is 2. The second-order valence-corrected chi connectivity index (χ2v) is 5.53. The molecule has 1 aromatic rings. The standard InChI is InChI=1S/C14H17ClN2O2/c1-8(2)12-14(19)17(9(3)13(18)16-12)11-6-4-5-10(15)7-11/h4-9,12H,1-3H3,(H,16,18). The summed E-state index contributed by atoms with van der Waals surface area (Å²) >= 11 is 5.96. The third-order valence-electron chi connectivity index (χ3n) is 3.32. The number of hydrogen-bond acceptors (Lipinski definition) is 2. The van der Waals surface area contributed by atoms with Gasteiger partial charge < -0.3 is 5.32 Å². The van der Waals surface area contributed by atoms with Gasteiger partial charge in [-0.15, -0.1) is 0 Å². The molecule has 1 heterocycles. The molecule has 1 aliphatic heterocycles. The summed E-state index contributed by atoms with van der Waals surface area (Å²) < 4.78 is 0. The Labute approximate surface area is 117 Å². The number of halogens is 1. The van der Waals surface area contributed by atoms with Gasteiger partial charge in [0.05, 0.1) is 0 Å². The Morgan fingerprint density at radius 1 is 1.32 bits per heavy atom. The van der Waals surface area contributed by atoms with E-state index in [1.54, 1.807) is 31.2 Å². The number of hydrogen-bond donors (Lipinski definition) is 1. The Balaban J connectivity index is 2.40. The fourth-order valence-electron chi connectivity index (χ4n) is 2.22. The number of amides is 2. The molecule has 0 bridgehead atoms. The number of nitrogens with one attached hydrogen (secondary N) is 1. The molecule has 102 valence electrons. The second-order valence-electron chi connectivity index (χ2n) is 5.09. The van der Waals surface area contributed by atoms with Crippen LogP contribution in [-0.2, 0) is 9.59 Å². The third kappa shape index (κ3) is 2.59. The molecule has 2 unspecified atom stereocenters. The molecule has 0 aliphatic carbocycles. The van der Waals surface area contributed by atoms with Crippen LogP contribution in [0.1, 0.15) is 20.8 Å². The van der Waals surface area contributed by atoms with Crippen LogP contribution in [0.2, 0.25) is 5.02 Å². The molecule has 2 atom stereocenters. The van der Waals surface area contributed by atoms with Crippen molar-refractivity contribution in [3.8, 4) is 0 Å². The quantitative estimate of drug-likeness (QED) is 0.903. The van der Waals surface area contributed by atoms with E-state index in [4.69, 9.17) is 11.6 Å². The molecule has 0 saturated carbocycles. The van der Waals surface area contributed by atoms with E-state index in [0.29, 0.717) is 10.7 Å². The predicted octanol–water partition coefficient (Wildman–Crippen LogP) is 2.22. The minimum absolute atomic E-state index is 0.0469. The third-order valence-corrected chi connectivity index (χ3v) is 3.56. The lowest BCUT2D eigenvalue weighted by atomic mass is 9.98. The first-order valence-electron chi connectivity index (χ1n) is 6.31. The van der Waals surface area contributed by atoms with Crippen molar-refractivity contribution in [2.24, 2.45) is 5.92 Å². The number of carbonyl (C=O) groups is 2. The van der Waals surface area contributed by atoms with E-state index >= 15 is 0 Å². The summed E-state index contributed by atoms with van der Waals surface area (Å²) in [6.07, 6.45) is 0. The Bertz CT molecular complexity index is 516. The zero-order valence-corrected chi connectivity index (χ0v) is 11.9. The van der Waals surface area contributed by atoms with Crippen LogP contribution in [0, 0.1) is 5.92 Å². The van der Waals surface area contributed by atoms with Gasteiger partial charge in [0.1, 0.15) is 12.1 Å². The van der Waals surface area contributed by atoms with Gasteiger partial charge in [0.2, 0.25) is 5.91 Å². The second kappa shape index (κ2) is 5.21. The van der Waals surface area contributed by atoms with Gasteiger partial charge in [-0.2, -0.15) is 0 Å². The van der Waals surface area contributed by atoms with E-state index in [1.807, 2.05) is 13.8 Å². The van der Waals surface area contributed by atoms with Crippen LogP contribution in [0.4, 0.5) is 5.69 Å². The summed E-state index contributed by atoms with van der Waals surface area (Å²) in [7, 11) is 0. The molecule has 1 saturated heterocycles. The zero-order valence-electron chi connectivity index (χ0n) is 11.2. The van der Waals surface area contributed by atoms with Crippen molar-refractivity contribution in [2.45, 2.75) is 32.9 Å². The normalized spacial score (nSPS) is 23.7. The minimum Gasteiger partial charge on any atom is -0.342 e. The summed E-state index contributed by atoms with van der Waals surface area (Å²) in [5.41, 5.74) is 0.658. The van der Waals surface area contributed by atoms with Crippen LogP contribution in [0.15, 0.2) is 24.3 Å². The maximum absolute atomic E-state index is 12.5. The van der Waals surface area contributed by atoms with Crippen molar-refractivity contribution < 1.29 is 9.59 Å². The number of benzene rings is 1. The molecule has 1 aliphatic rings. The predicted molar refractivity (Wildman–Crippen MR) is 75.2 cm³/mol. The van der Waals surface area contributed by atoms with Crippen LogP contribution in [0.3, 0.4) is 0 Å². The van der Waals surface area contributed by atoms with Gasteiger partial charge >= 0.3 is 0 Å². The van der Waals surface area contributed by atoms with E-state index < -0.39 is 12.1 Å². The van der Waals surface area contributed by atoms with Crippen molar-refractivity contribution >= 4 is 29.1 Å². The van der Waals surface area contributed by atoms with Crippen molar-refractivity contribution in [2.75, 3.05) is 4.90 Å². The molecule has 19 heavy (non-hydrogen) atoms. The molecule has 5 heteroatoms. The number of nitrogens with zero attached hydrogens (tertiary/aromatic N) is 1. The Morgan fingerprint density at radius 3 is 2.58 bits per heavy atom. The maximum Gasteiger partial charge on any atom is 0.250 e. The van der Waals surface area contributed by atoms with Crippen LogP contribution in [0.25, 0.3) is 0 Å². The molecule has 2 amide bonds. The summed E-state index contributed by atoms with van der Waals surface area (Å²) in [5.74, 6) is -0.187. The molecule has 1 N–H and O–H groups in total. The van der Waals surface area contributed by atoms with Crippen LogP contribution >= 0.6 is 11.6 Å². The van der Waals surface area contributed by atoms with E-state index in [-0.39, 0.29) is 17.7 Å². The Kier molecular flexibility index (Phi) is 3.80. The van der Waals surface area contributed by atoms with Crippen molar-refractivity contribution in [1.29, 1.82) is 0 Å². The van der Waals surface area contributed by atoms with Crippen LogP contribution < -0.4 is 10.2 Å².